The molecule has 0 spiro atoms. The monoisotopic (exact) mass is 357 g/mol. The Bertz CT molecular complexity index is 641. The number of hydrogen-bond acceptors (Lipinski definition) is 3. The number of amides is 1. The second-order valence-electron chi connectivity index (χ2n) is 5.00. The van der Waals surface area contributed by atoms with Gasteiger partial charge in [0.2, 0.25) is 11.5 Å². The first-order valence-corrected chi connectivity index (χ1v) is 6.84. The number of aromatic nitrogens is 1. The summed E-state index contributed by atoms with van der Waals surface area (Å²) in [5, 5.41) is 2.83. The van der Waals surface area contributed by atoms with Gasteiger partial charge in [0.05, 0.1) is 5.92 Å². The van der Waals surface area contributed by atoms with Gasteiger partial charge in [-0.25, -0.2) is 0 Å². The van der Waals surface area contributed by atoms with Crippen molar-refractivity contribution in [2.45, 2.75) is 19.5 Å². The predicted molar refractivity (Wildman–Crippen MR) is 95.9 cm³/mol. The van der Waals surface area contributed by atoms with E-state index in [4.69, 9.17) is 5.73 Å². The number of nitrogens with two attached hydrogens (primary N) is 1. The van der Waals surface area contributed by atoms with Gasteiger partial charge >= 0.3 is 0 Å². The molecule has 0 aliphatic heterocycles. The first kappa shape index (κ1) is 21.2. The molecule has 1 heterocycles. The van der Waals surface area contributed by atoms with Gasteiger partial charge in [-0.3, -0.25) is 9.59 Å². The van der Waals surface area contributed by atoms with Crippen LogP contribution in [0.4, 0.5) is 0 Å². The van der Waals surface area contributed by atoms with E-state index in [9.17, 15) is 9.59 Å². The standard InChI is InChI=1S/C16H19N3O2.2ClH/c1-11(15(17)13-5-3-2-4-6-13)16(21)19-10-12-7-8-14(20)18-9-12;;/h2-9,11,15H,10,17H2,1H3,(H,18,20)(H,19,21);2*1H. The number of carbonyl (C=O) groups is 1. The minimum Gasteiger partial charge on any atom is -0.352 e. The van der Waals surface area contributed by atoms with Crippen LogP contribution in [0.2, 0.25) is 0 Å². The molecule has 2 rings (SSSR count). The topological polar surface area (TPSA) is 88.0 Å². The number of carbonyl (C=O) groups excluding carboxylic acids is 1. The zero-order valence-corrected chi connectivity index (χ0v) is 14.3. The molecular weight excluding hydrogens is 337 g/mol. The van der Waals surface area contributed by atoms with Gasteiger partial charge in [-0.2, -0.15) is 0 Å². The first-order chi connectivity index (χ1) is 10.1. The molecule has 2 aromatic rings. The molecule has 1 amide bonds. The lowest BCUT2D eigenvalue weighted by Crippen LogP contribution is -2.35. The third-order valence-electron chi connectivity index (χ3n) is 3.45. The van der Waals surface area contributed by atoms with E-state index >= 15 is 0 Å². The molecule has 0 aliphatic carbocycles. The summed E-state index contributed by atoms with van der Waals surface area (Å²) < 4.78 is 0. The highest BCUT2D eigenvalue weighted by atomic mass is 35.5. The number of hydrogen-bond donors (Lipinski definition) is 3. The third kappa shape index (κ3) is 6.06. The number of halogens is 2. The maximum atomic E-state index is 12.1. The number of H-pyrrole nitrogens is 1. The highest BCUT2D eigenvalue weighted by Crippen LogP contribution is 2.19. The Morgan fingerprint density at radius 1 is 1.17 bits per heavy atom. The van der Waals surface area contributed by atoms with Gasteiger partial charge in [0.25, 0.3) is 0 Å². The molecular formula is C16H21Cl2N3O2. The Kier molecular flexibility index (Phi) is 9.25. The van der Waals surface area contributed by atoms with Crippen LogP contribution in [0.5, 0.6) is 0 Å². The lowest BCUT2D eigenvalue weighted by Gasteiger charge is -2.19. The van der Waals surface area contributed by atoms with Crippen LogP contribution in [0.25, 0.3) is 0 Å². The van der Waals surface area contributed by atoms with Crippen molar-refractivity contribution in [3.63, 3.8) is 0 Å². The summed E-state index contributed by atoms with van der Waals surface area (Å²) in [6.45, 7) is 2.17. The van der Waals surface area contributed by atoms with Gasteiger partial charge in [0.1, 0.15) is 0 Å². The summed E-state index contributed by atoms with van der Waals surface area (Å²) in [5.74, 6) is -0.451. The minimum absolute atomic E-state index is 0. The summed E-state index contributed by atoms with van der Waals surface area (Å²) in [7, 11) is 0. The molecule has 1 aromatic heterocycles. The summed E-state index contributed by atoms with van der Waals surface area (Å²) >= 11 is 0. The van der Waals surface area contributed by atoms with Crippen molar-refractivity contribution in [3.05, 3.63) is 70.1 Å². The molecule has 23 heavy (non-hydrogen) atoms. The van der Waals surface area contributed by atoms with E-state index in [0.29, 0.717) is 6.54 Å². The van der Waals surface area contributed by atoms with E-state index in [-0.39, 0.29) is 48.2 Å². The van der Waals surface area contributed by atoms with Crippen LogP contribution in [0.3, 0.4) is 0 Å². The van der Waals surface area contributed by atoms with Crippen LogP contribution >= 0.6 is 24.8 Å². The van der Waals surface area contributed by atoms with Gasteiger partial charge in [0, 0.05) is 24.8 Å². The molecule has 5 nitrogen and oxygen atoms in total. The van der Waals surface area contributed by atoms with E-state index in [0.717, 1.165) is 11.1 Å². The largest absolute Gasteiger partial charge is 0.352 e. The fourth-order valence-electron chi connectivity index (χ4n) is 2.03. The van der Waals surface area contributed by atoms with Crippen molar-refractivity contribution < 1.29 is 4.79 Å². The molecule has 7 heteroatoms. The molecule has 0 saturated carbocycles. The highest BCUT2D eigenvalue weighted by Gasteiger charge is 2.21. The zero-order chi connectivity index (χ0) is 15.2. The Balaban J connectivity index is 0.00000242. The van der Waals surface area contributed by atoms with E-state index in [2.05, 4.69) is 10.3 Å². The van der Waals surface area contributed by atoms with Gasteiger partial charge < -0.3 is 16.0 Å². The maximum Gasteiger partial charge on any atom is 0.247 e. The van der Waals surface area contributed by atoms with Crippen molar-refractivity contribution in [1.82, 2.24) is 10.3 Å². The smallest absolute Gasteiger partial charge is 0.247 e. The average Bonchev–Trinajstić information content (AvgIpc) is 2.53. The summed E-state index contributed by atoms with van der Waals surface area (Å²) in [4.78, 5) is 25.7. The number of aromatic amines is 1. The Morgan fingerprint density at radius 3 is 2.39 bits per heavy atom. The van der Waals surface area contributed by atoms with Crippen molar-refractivity contribution in [2.24, 2.45) is 11.7 Å². The fourth-order valence-corrected chi connectivity index (χ4v) is 2.03. The molecule has 0 bridgehead atoms. The zero-order valence-electron chi connectivity index (χ0n) is 12.7. The molecule has 0 aliphatic rings. The Labute approximate surface area is 147 Å². The normalized spacial score (nSPS) is 12.3. The average molecular weight is 358 g/mol. The van der Waals surface area contributed by atoms with Gasteiger partial charge in [-0.1, -0.05) is 43.3 Å². The van der Waals surface area contributed by atoms with E-state index in [1.165, 1.54) is 6.07 Å². The Hall–Kier alpha value is -1.82. The van der Waals surface area contributed by atoms with Crippen LogP contribution < -0.4 is 16.6 Å². The molecule has 126 valence electrons. The fraction of sp³-hybridized carbons (Fsp3) is 0.250. The number of benzene rings is 1. The van der Waals surface area contributed by atoms with Crippen LogP contribution in [-0.2, 0) is 11.3 Å². The van der Waals surface area contributed by atoms with Crippen molar-refractivity contribution in [3.8, 4) is 0 Å². The molecule has 0 fully saturated rings. The van der Waals surface area contributed by atoms with Crippen LogP contribution in [0.1, 0.15) is 24.1 Å². The molecule has 0 saturated heterocycles. The second kappa shape index (κ2) is 10.0. The molecule has 4 N–H and O–H groups in total. The number of nitrogens with one attached hydrogen (secondary N) is 2. The van der Waals surface area contributed by atoms with Gasteiger partial charge in [-0.15, -0.1) is 24.8 Å². The Morgan fingerprint density at radius 2 is 1.83 bits per heavy atom. The van der Waals surface area contributed by atoms with E-state index in [1.54, 1.807) is 19.2 Å². The molecule has 2 unspecified atom stereocenters. The van der Waals surface area contributed by atoms with Crippen molar-refractivity contribution in [1.29, 1.82) is 0 Å². The summed E-state index contributed by atoms with van der Waals surface area (Å²) in [6.07, 6.45) is 1.59. The quantitative estimate of drug-likeness (QED) is 0.766. The number of rotatable bonds is 5. The molecule has 0 radical (unpaired) electrons. The van der Waals surface area contributed by atoms with Gasteiger partial charge in [0.15, 0.2) is 0 Å². The molecule has 2 atom stereocenters. The maximum absolute atomic E-state index is 12.1. The predicted octanol–water partition coefficient (Wildman–Crippen LogP) is 2.17. The third-order valence-corrected chi connectivity index (χ3v) is 3.45. The van der Waals surface area contributed by atoms with E-state index < -0.39 is 0 Å². The lowest BCUT2D eigenvalue weighted by molar-refractivity contribution is -0.125. The first-order valence-electron chi connectivity index (χ1n) is 6.84. The molecule has 1 aromatic carbocycles. The number of pyridine rings is 1. The second-order valence-corrected chi connectivity index (χ2v) is 5.00. The lowest BCUT2D eigenvalue weighted by atomic mass is 9.94. The highest BCUT2D eigenvalue weighted by molar-refractivity contribution is 5.85. The van der Waals surface area contributed by atoms with Crippen LogP contribution in [0, 0.1) is 5.92 Å². The SMILES string of the molecule is CC(C(=O)NCc1ccc(=O)[nH]c1)C(N)c1ccccc1.Cl.Cl. The van der Waals surface area contributed by atoms with Crippen LogP contribution in [-0.4, -0.2) is 10.9 Å². The van der Waals surface area contributed by atoms with Crippen molar-refractivity contribution >= 4 is 30.7 Å². The summed E-state index contributed by atoms with van der Waals surface area (Å²) in [6, 6.07) is 12.3. The van der Waals surface area contributed by atoms with Crippen molar-refractivity contribution in [2.75, 3.05) is 0 Å². The van der Waals surface area contributed by atoms with E-state index in [1.807, 2.05) is 30.3 Å². The summed E-state index contributed by atoms with van der Waals surface area (Å²) in [5.41, 5.74) is 7.73. The van der Waals surface area contributed by atoms with Gasteiger partial charge in [-0.05, 0) is 11.1 Å². The van der Waals surface area contributed by atoms with Crippen LogP contribution in [0.15, 0.2) is 53.5 Å². The minimum atomic E-state index is -0.346.